The fourth-order valence-corrected chi connectivity index (χ4v) is 4.21. The molecule has 1 fully saturated rings. The minimum atomic E-state index is -0.173. The smallest absolute Gasteiger partial charge is 0.261 e. The van der Waals surface area contributed by atoms with Gasteiger partial charge in [-0.2, -0.15) is 0 Å². The van der Waals surface area contributed by atoms with Crippen molar-refractivity contribution >= 4 is 17.5 Å². The molecule has 2 amide bonds. The van der Waals surface area contributed by atoms with E-state index in [2.05, 4.69) is 5.32 Å². The van der Waals surface area contributed by atoms with Gasteiger partial charge in [0.25, 0.3) is 11.8 Å². The molecule has 1 aliphatic carbocycles. The molecule has 0 radical (unpaired) electrons. The molecule has 1 heterocycles. The van der Waals surface area contributed by atoms with Crippen molar-refractivity contribution in [2.24, 2.45) is 0 Å². The third-order valence-corrected chi connectivity index (χ3v) is 5.61. The number of nitrogens with zero attached hydrogens (tertiary/aromatic N) is 1. The molecule has 1 saturated carbocycles. The van der Waals surface area contributed by atoms with Crippen LogP contribution in [-0.2, 0) is 0 Å². The van der Waals surface area contributed by atoms with Gasteiger partial charge in [0.15, 0.2) is 0 Å². The molecule has 2 aliphatic rings. The lowest BCUT2D eigenvalue weighted by atomic mass is 9.89. The number of amides is 2. The van der Waals surface area contributed by atoms with Crippen LogP contribution >= 0.6 is 0 Å². The van der Waals surface area contributed by atoms with Crippen LogP contribution in [0.1, 0.15) is 46.4 Å². The minimum Gasteiger partial charge on any atom is -0.497 e. The van der Waals surface area contributed by atoms with Gasteiger partial charge in [-0.25, -0.2) is 0 Å². The van der Waals surface area contributed by atoms with Gasteiger partial charge in [-0.1, -0.05) is 12.1 Å². The Hall–Kier alpha value is -3.02. The normalized spacial score (nSPS) is 21.4. The molecule has 0 bridgehead atoms. The second-order valence-electron chi connectivity index (χ2n) is 7.25. The third-order valence-electron chi connectivity index (χ3n) is 5.61. The summed E-state index contributed by atoms with van der Waals surface area (Å²) in [5, 5.41) is 3.53. The monoisotopic (exact) mass is 380 g/mol. The number of anilines is 1. The summed E-state index contributed by atoms with van der Waals surface area (Å²) in [5.41, 5.74) is 1.91. The van der Waals surface area contributed by atoms with Crippen molar-refractivity contribution in [3.8, 4) is 11.5 Å². The molecule has 0 spiro atoms. The zero-order valence-electron chi connectivity index (χ0n) is 16.1. The number of benzene rings is 2. The predicted molar refractivity (Wildman–Crippen MR) is 106 cm³/mol. The van der Waals surface area contributed by atoms with Gasteiger partial charge < -0.3 is 14.8 Å². The Labute approximate surface area is 164 Å². The summed E-state index contributed by atoms with van der Waals surface area (Å²) in [6, 6.07) is 12.8. The lowest BCUT2D eigenvalue weighted by Crippen LogP contribution is -2.45. The van der Waals surface area contributed by atoms with Gasteiger partial charge in [0.05, 0.1) is 31.0 Å². The van der Waals surface area contributed by atoms with Crippen LogP contribution in [0.2, 0.25) is 0 Å². The van der Waals surface area contributed by atoms with Gasteiger partial charge in [-0.3, -0.25) is 14.5 Å². The van der Waals surface area contributed by atoms with Crippen LogP contribution in [0.15, 0.2) is 42.5 Å². The first kappa shape index (κ1) is 18.3. The summed E-state index contributed by atoms with van der Waals surface area (Å²) in [7, 11) is 3.25. The predicted octanol–water partition coefficient (Wildman–Crippen LogP) is 3.72. The van der Waals surface area contributed by atoms with Crippen molar-refractivity contribution in [2.75, 3.05) is 19.5 Å². The van der Waals surface area contributed by atoms with Crippen LogP contribution < -0.4 is 14.8 Å². The molecule has 146 valence electrons. The van der Waals surface area contributed by atoms with E-state index in [1.807, 2.05) is 18.2 Å². The van der Waals surface area contributed by atoms with Crippen LogP contribution in [0.25, 0.3) is 0 Å². The molecular weight excluding hydrogens is 356 g/mol. The van der Waals surface area contributed by atoms with Crippen molar-refractivity contribution in [3.63, 3.8) is 0 Å². The van der Waals surface area contributed by atoms with E-state index in [1.54, 1.807) is 38.5 Å². The third kappa shape index (κ3) is 3.19. The fraction of sp³-hybridized carbons (Fsp3) is 0.364. The van der Waals surface area contributed by atoms with Crippen molar-refractivity contribution in [1.29, 1.82) is 0 Å². The van der Waals surface area contributed by atoms with E-state index in [1.165, 1.54) is 4.90 Å². The fourth-order valence-electron chi connectivity index (χ4n) is 4.21. The molecule has 1 aliphatic heterocycles. The highest BCUT2D eigenvalue weighted by molar-refractivity contribution is 6.21. The summed E-state index contributed by atoms with van der Waals surface area (Å²) in [4.78, 5) is 27.0. The highest BCUT2D eigenvalue weighted by Gasteiger charge is 2.41. The van der Waals surface area contributed by atoms with Gasteiger partial charge in [-0.05, 0) is 49.9 Å². The van der Waals surface area contributed by atoms with Crippen LogP contribution in [0.3, 0.4) is 0 Å². The Morgan fingerprint density at radius 2 is 1.68 bits per heavy atom. The minimum absolute atomic E-state index is 0.0945. The first-order valence-electron chi connectivity index (χ1n) is 9.58. The van der Waals surface area contributed by atoms with Gasteiger partial charge >= 0.3 is 0 Å². The number of carbonyl (C=O) groups excluding carboxylic acids is 2. The zero-order chi connectivity index (χ0) is 19.7. The van der Waals surface area contributed by atoms with Gasteiger partial charge in [0.1, 0.15) is 11.5 Å². The molecular formula is C22H24N2O4. The van der Waals surface area contributed by atoms with E-state index in [-0.39, 0.29) is 23.9 Å². The Morgan fingerprint density at radius 3 is 2.32 bits per heavy atom. The quantitative estimate of drug-likeness (QED) is 0.801. The van der Waals surface area contributed by atoms with Gasteiger partial charge in [-0.15, -0.1) is 0 Å². The van der Waals surface area contributed by atoms with E-state index < -0.39 is 0 Å². The maximum Gasteiger partial charge on any atom is 0.261 e. The number of rotatable bonds is 5. The molecule has 2 unspecified atom stereocenters. The first-order valence-corrected chi connectivity index (χ1v) is 9.58. The second-order valence-corrected chi connectivity index (χ2v) is 7.25. The largest absolute Gasteiger partial charge is 0.497 e. The van der Waals surface area contributed by atoms with Crippen LogP contribution in [-0.4, -0.2) is 43.0 Å². The first-order chi connectivity index (χ1) is 13.6. The average Bonchev–Trinajstić information content (AvgIpc) is 2.99. The molecule has 2 atom stereocenters. The van der Waals surface area contributed by atoms with Crippen molar-refractivity contribution in [1.82, 2.24) is 4.90 Å². The maximum atomic E-state index is 12.8. The van der Waals surface area contributed by atoms with Crippen molar-refractivity contribution in [3.05, 3.63) is 53.6 Å². The number of hydrogen-bond donors (Lipinski definition) is 1. The summed E-state index contributed by atoms with van der Waals surface area (Å²) < 4.78 is 10.7. The van der Waals surface area contributed by atoms with E-state index in [4.69, 9.17) is 9.47 Å². The molecule has 6 heteroatoms. The summed E-state index contributed by atoms with van der Waals surface area (Å²) in [6.45, 7) is 0. The van der Waals surface area contributed by atoms with E-state index >= 15 is 0 Å². The SMILES string of the molecule is COc1ccc(NC2CCCC(N3C(=O)c4ccccc4C3=O)C2)c(OC)c1. The number of fused-ring (bicyclic) bond motifs is 1. The molecule has 28 heavy (non-hydrogen) atoms. The Morgan fingerprint density at radius 1 is 0.964 bits per heavy atom. The number of imide groups is 1. The standard InChI is InChI=1S/C22H24N2O4/c1-27-16-10-11-19(20(13-16)28-2)23-14-6-5-7-15(12-14)24-21(25)17-8-3-4-9-18(17)22(24)26/h3-4,8-11,13-15,23H,5-7,12H2,1-2H3. The molecule has 0 saturated heterocycles. The van der Waals surface area contributed by atoms with Gasteiger partial charge in [0.2, 0.25) is 0 Å². The molecule has 1 N–H and O–H groups in total. The Bertz CT molecular complexity index is 876. The topological polar surface area (TPSA) is 67.9 Å². The number of methoxy groups -OCH3 is 2. The molecule has 4 rings (SSSR count). The highest BCUT2D eigenvalue weighted by atomic mass is 16.5. The molecule has 0 aromatic heterocycles. The lowest BCUT2D eigenvalue weighted by Gasteiger charge is -2.35. The van der Waals surface area contributed by atoms with Gasteiger partial charge in [0, 0.05) is 18.2 Å². The number of hydrogen-bond acceptors (Lipinski definition) is 5. The van der Waals surface area contributed by atoms with E-state index in [0.29, 0.717) is 16.9 Å². The van der Waals surface area contributed by atoms with Crippen molar-refractivity contribution < 1.29 is 19.1 Å². The van der Waals surface area contributed by atoms with E-state index in [9.17, 15) is 9.59 Å². The molecule has 2 aromatic rings. The lowest BCUT2D eigenvalue weighted by molar-refractivity contribution is 0.0544. The number of ether oxygens (including phenoxy) is 2. The van der Waals surface area contributed by atoms with Crippen molar-refractivity contribution in [2.45, 2.75) is 37.8 Å². The zero-order valence-corrected chi connectivity index (χ0v) is 16.1. The molecule has 2 aromatic carbocycles. The summed E-state index contributed by atoms with van der Waals surface area (Å²) >= 11 is 0. The second kappa shape index (κ2) is 7.54. The van der Waals surface area contributed by atoms with Crippen LogP contribution in [0, 0.1) is 0 Å². The summed E-state index contributed by atoms with van der Waals surface area (Å²) in [6.07, 6.45) is 3.49. The number of carbonyl (C=O) groups is 2. The summed E-state index contributed by atoms with van der Waals surface area (Å²) in [5.74, 6) is 1.10. The average molecular weight is 380 g/mol. The number of nitrogens with one attached hydrogen (secondary N) is 1. The highest BCUT2D eigenvalue weighted by Crippen LogP contribution is 2.34. The Balaban J connectivity index is 1.50. The van der Waals surface area contributed by atoms with Crippen LogP contribution in [0.5, 0.6) is 11.5 Å². The molecule has 6 nitrogen and oxygen atoms in total. The van der Waals surface area contributed by atoms with Crippen LogP contribution in [0.4, 0.5) is 5.69 Å². The van der Waals surface area contributed by atoms with E-state index in [0.717, 1.165) is 37.1 Å². The Kier molecular flexibility index (Phi) is 4.94. The maximum absolute atomic E-state index is 12.8.